The molecule has 0 aliphatic carbocycles. The minimum atomic E-state index is -1.23. The molecule has 6 heteroatoms. The summed E-state index contributed by atoms with van der Waals surface area (Å²) in [7, 11) is 0. The van der Waals surface area contributed by atoms with E-state index in [4.69, 9.17) is 10.8 Å². The van der Waals surface area contributed by atoms with Gasteiger partial charge in [-0.2, -0.15) is 0 Å². The van der Waals surface area contributed by atoms with Crippen LogP contribution in [0.2, 0.25) is 0 Å². The summed E-state index contributed by atoms with van der Waals surface area (Å²) in [6.45, 7) is 0. The summed E-state index contributed by atoms with van der Waals surface area (Å²) < 4.78 is 0. The predicted molar refractivity (Wildman–Crippen MR) is 86.6 cm³/mol. The Hall–Kier alpha value is -2.86. The highest BCUT2D eigenvalue weighted by atomic mass is 16.4. The van der Waals surface area contributed by atoms with E-state index in [-0.39, 0.29) is 0 Å². The Balaban J connectivity index is 2.03. The third-order valence-corrected chi connectivity index (χ3v) is 3.32. The summed E-state index contributed by atoms with van der Waals surface area (Å²) in [4.78, 5) is 23.2. The predicted octanol–water partition coefficient (Wildman–Crippen LogP) is 1.64. The maximum atomic E-state index is 12.2. The molecule has 2 unspecified atom stereocenters. The molecular weight excluding hydrogens is 294 g/mol. The van der Waals surface area contributed by atoms with Gasteiger partial charge in [0.2, 0.25) is 5.91 Å². The normalized spacial score (nSPS) is 12.9. The standard InChI is InChI=1S/C17H19N3O3/c18-14(11-12-7-3-1-4-8-12)16(21)19-15(20-17(22)23)13-9-5-2-6-10-13/h1-10,14-15,20H,11,18H2,(H,19,21)(H,22,23). The highest BCUT2D eigenvalue weighted by molar-refractivity contribution is 5.82. The second-order valence-electron chi connectivity index (χ2n) is 5.10. The zero-order chi connectivity index (χ0) is 16.7. The van der Waals surface area contributed by atoms with Gasteiger partial charge in [-0.15, -0.1) is 0 Å². The number of nitrogens with one attached hydrogen (secondary N) is 2. The first kappa shape index (κ1) is 16.5. The summed E-state index contributed by atoms with van der Waals surface area (Å²) >= 11 is 0. The zero-order valence-corrected chi connectivity index (χ0v) is 12.5. The average molecular weight is 313 g/mol. The first-order chi connectivity index (χ1) is 11.1. The highest BCUT2D eigenvalue weighted by Crippen LogP contribution is 2.10. The molecule has 0 heterocycles. The van der Waals surface area contributed by atoms with Gasteiger partial charge in [0.05, 0.1) is 6.04 Å². The number of hydrogen-bond acceptors (Lipinski definition) is 3. The van der Waals surface area contributed by atoms with Gasteiger partial charge in [0.1, 0.15) is 6.17 Å². The fraction of sp³-hybridized carbons (Fsp3) is 0.176. The lowest BCUT2D eigenvalue weighted by Crippen LogP contribution is -2.48. The lowest BCUT2D eigenvalue weighted by Gasteiger charge is -2.21. The van der Waals surface area contributed by atoms with E-state index < -0.39 is 24.2 Å². The number of benzene rings is 2. The van der Waals surface area contributed by atoms with E-state index in [9.17, 15) is 9.59 Å². The monoisotopic (exact) mass is 313 g/mol. The van der Waals surface area contributed by atoms with Crippen LogP contribution in [0.4, 0.5) is 4.79 Å². The van der Waals surface area contributed by atoms with Gasteiger partial charge in [-0.25, -0.2) is 4.79 Å². The zero-order valence-electron chi connectivity index (χ0n) is 12.5. The average Bonchev–Trinajstić information content (AvgIpc) is 2.55. The Kier molecular flexibility index (Phi) is 5.71. The molecule has 23 heavy (non-hydrogen) atoms. The van der Waals surface area contributed by atoms with Gasteiger partial charge >= 0.3 is 6.09 Å². The van der Waals surface area contributed by atoms with Crippen LogP contribution in [0.25, 0.3) is 0 Å². The molecule has 0 saturated heterocycles. The fourth-order valence-electron chi connectivity index (χ4n) is 2.18. The largest absolute Gasteiger partial charge is 0.465 e. The van der Waals surface area contributed by atoms with Crippen molar-refractivity contribution >= 4 is 12.0 Å². The number of carbonyl (C=O) groups is 2. The molecule has 2 aromatic rings. The fourth-order valence-corrected chi connectivity index (χ4v) is 2.18. The maximum absolute atomic E-state index is 12.2. The quantitative estimate of drug-likeness (QED) is 0.608. The van der Waals surface area contributed by atoms with Gasteiger partial charge in [-0.3, -0.25) is 10.1 Å². The number of carbonyl (C=O) groups excluding carboxylic acids is 1. The summed E-state index contributed by atoms with van der Waals surface area (Å²) in [5.74, 6) is -0.420. The molecule has 2 amide bonds. The summed E-state index contributed by atoms with van der Waals surface area (Å²) in [6.07, 6.45) is -1.69. The minimum Gasteiger partial charge on any atom is -0.465 e. The first-order valence-electron chi connectivity index (χ1n) is 7.20. The molecular formula is C17H19N3O3. The van der Waals surface area contributed by atoms with Crippen molar-refractivity contribution in [2.24, 2.45) is 5.73 Å². The second-order valence-corrected chi connectivity index (χ2v) is 5.10. The van der Waals surface area contributed by atoms with Gasteiger partial charge in [-0.1, -0.05) is 60.7 Å². The van der Waals surface area contributed by atoms with Crippen molar-refractivity contribution in [1.82, 2.24) is 10.6 Å². The van der Waals surface area contributed by atoms with Crippen LogP contribution in [0.1, 0.15) is 17.3 Å². The van der Waals surface area contributed by atoms with E-state index in [0.717, 1.165) is 5.56 Å². The lowest BCUT2D eigenvalue weighted by atomic mass is 10.1. The van der Waals surface area contributed by atoms with Gasteiger partial charge in [0.25, 0.3) is 0 Å². The van der Waals surface area contributed by atoms with Gasteiger partial charge in [0.15, 0.2) is 0 Å². The van der Waals surface area contributed by atoms with E-state index in [0.29, 0.717) is 12.0 Å². The SMILES string of the molecule is NC(Cc1ccccc1)C(=O)NC(NC(=O)O)c1ccccc1. The smallest absolute Gasteiger partial charge is 0.406 e. The van der Waals surface area contributed by atoms with Crippen molar-refractivity contribution in [3.63, 3.8) is 0 Å². The van der Waals surface area contributed by atoms with Crippen molar-refractivity contribution in [3.05, 3.63) is 71.8 Å². The molecule has 2 atom stereocenters. The van der Waals surface area contributed by atoms with Crippen molar-refractivity contribution in [2.45, 2.75) is 18.6 Å². The van der Waals surface area contributed by atoms with Crippen LogP contribution in [0.5, 0.6) is 0 Å². The summed E-state index contributed by atoms with van der Waals surface area (Å²) in [6, 6.07) is 17.4. The van der Waals surface area contributed by atoms with Crippen molar-refractivity contribution in [2.75, 3.05) is 0 Å². The van der Waals surface area contributed by atoms with Crippen molar-refractivity contribution < 1.29 is 14.7 Å². The number of amides is 2. The lowest BCUT2D eigenvalue weighted by molar-refractivity contribution is -0.123. The number of rotatable bonds is 6. The van der Waals surface area contributed by atoms with Gasteiger partial charge < -0.3 is 16.2 Å². The molecule has 120 valence electrons. The number of nitrogens with two attached hydrogens (primary N) is 1. The molecule has 0 spiro atoms. The van der Waals surface area contributed by atoms with Crippen molar-refractivity contribution in [1.29, 1.82) is 0 Å². The Labute approximate surface area is 134 Å². The summed E-state index contributed by atoms with van der Waals surface area (Å²) in [5, 5.41) is 13.8. The van der Waals surface area contributed by atoms with E-state index in [1.54, 1.807) is 24.3 Å². The molecule has 2 rings (SSSR count). The molecule has 0 fully saturated rings. The number of carboxylic acid groups (broad SMARTS) is 1. The molecule has 0 radical (unpaired) electrons. The minimum absolute atomic E-state index is 0.376. The Morgan fingerprint density at radius 2 is 1.52 bits per heavy atom. The molecule has 0 aliphatic heterocycles. The topological polar surface area (TPSA) is 104 Å². The third kappa shape index (κ3) is 5.12. The molecule has 6 nitrogen and oxygen atoms in total. The highest BCUT2D eigenvalue weighted by Gasteiger charge is 2.20. The molecule has 5 N–H and O–H groups in total. The number of hydrogen-bond donors (Lipinski definition) is 4. The Morgan fingerprint density at radius 1 is 0.957 bits per heavy atom. The van der Waals surface area contributed by atoms with Crippen molar-refractivity contribution in [3.8, 4) is 0 Å². The van der Waals surface area contributed by atoms with E-state index in [2.05, 4.69) is 10.6 Å². The molecule has 0 aliphatic rings. The van der Waals surface area contributed by atoms with Crippen LogP contribution in [0, 0.1) is 0 Å². The third-order valence-electron chi connectivity index (χ3n) is 3.32. The maximum Gasteiger partial charge on any atom is 0.406 e. The molecule has 0 bridgehead atoms. The van der Waals surface area contributed by atoms with Crippen LogP contribution < -0.4 is 16.4 Å². The van der Waals surface area contributed by atoms with Gasteiger partial charge in [-0.05, 0) is 17.5 Å². The van der Waals surface area contributed by atoms with E-state index in [1.165, 1.54) is 0 Å². The Bertz CT molecular complexity index is 647. The van der Waals surface area contributed by atoms with Gasteiger partial charge in [0, 0.05) is 0 Å². The molecule has 2 aromatic carbocycles. The second kappa shape index (κ2) is 7.95. The van der Waals surface area contributed by atoms with Crippen LogP contribution in [-0.4, -0.2) is 23.1 Å². The molecule has 0 saturated carbocycles. The summed E-state index contributed by atoms with van der Waals surface area (Å²) in [5.41, 5.74) is 7.50. The van der Waals surface area contributed by atoms with E-state index in [1.807, 2.05) is 36.4 Å². The van der Waals surface area contributed by atoms with Crippen LogP contribution >= 0.6 is 0 Å². The van der Waals surface area contributed by atoms with Crippen LogP contribution in [0.15, 0.2) is 60.7 Å². The Morgan fingerprint density at radius 3 is 2.09 bits per heavy atom. The first-order valence-corrected chi connectivity index (χ1v) is 7.20. The molecule has 0 aromatic heterocycles. The van der Waals surface area contributed by atoms with E-state index >= 15 is 0 Å². The van der Waals surface area contributed by atoms with Crippen LogP contribution in [-0.2, 0) is 11.2 Å². The van der Waals surface area contributed by atoms with Crippen LogP contribution in [0.3, 0.4) is 0 Å².